The van der Waals surface area contributed by atoms with Crippen molar-refractivity contribution < 1.29 is 4.42 Å². The maximum Gasteiger partial charge on any atom is 0.248 e. The number of nitrogens with zero attached hydrogens (tertiary/aromatic N) is 3. The number of aromatic nitrogens is 3. The highest BCUT2D eigenvalue weighted by molar-refractivity contribution is 6.13. The summed E-state index contributed by atoms with van der Waals surface area (Å²) in [5.41, 5.74) is 16.0. The van der Waals surface area contributed by atoms with E-state index in [9.17, 15) is 0 Å². The molecule has 48 heavy (non-hydrogen) atoms. The molecule has 0 amide bonds. The van der Waals surface area contributed by atoms with Crippen molar-refractivity contribution in [1.82, 2.24) is 14.8 Å². The van der Waals surface area contributed by atoms with E-state index < -0.39 is 0 Å². The van der Waals surface area contributed by atoms with Crippen LogP contribution in [0.25, 0.3) is 72.7 Å². The zero-order valence-electron chi connectivity index (χ0n) is 27.4. The third-order valence-corrected chi connectivity index (χ3v) is 11.0. The van der Waals surface area contributed by atoms with E-state index in [1.165, 1.54) is 66.3 Å². The Morgan fingerprint density at radius 1 is 0.458 bits per heavy atom. The molecular formula is C44H33N3O. The molecule has 10 rings (SSSR count). The van der Waals surface area contributed by atoms with E-state index in [0.717, 1.165) is 16.8 Å². The number of rotatable bonds is 3. The second-order valence-corrected chi connectivity index (χ2v) is 14.3. The summed E-state index contributed by atoms with van der Waals surface area (Å²) < 4.78 is 8.56. The predicted molar refractivity (Wildman–Crippen MR) is 195 cm³/mol. The number of hydrogen-bond donors (Lipinski definition) is 0. The molecule has 4 nitrogen and oxygen atoms in total. The molecule has 0 N–H and O–H groups in total. The fourth-order valence-electron chi connectivity index (χ4n) is 8.47. The second-order valence-electron chi connectivity index (χ2n) is 14.3. The third-order valence-electron chi connectivity index (χ3n) is 11.0. The lowest BCUT2D eigenvalue weighted by atomic mass is 9.82. The smallest absolute Gasteiger partial charge is 0.248 e. The minimum Gasteiger partial charge on any atom is -0.416 e. The van der Waals surface area contributed by atoms with Crippen LogP contribution < -0.4 is 0 Å². The Bertz CT molecular complexity index is 2480. The van der Waals surface area contributed by atoms with Gasteiger partial charge in [-0.25, -0.2) is 0 Å². The summed E-state index contributed by atoms with van der Waals surface area (Å²) >= 11 is 0. The van der Waals surface area contributed by atoms with Crippen LogP contribution in [0.2, 0.25) is 0 Å². The van der Waals surface area contributed by atoms with Gasteiger partial charge < -0.3 is 8.98 Å². The van der Waals surface area contributed by atoms with Crippen molar-refractivity contribution in [3.05, 3.63) is 150 Å². The van der Waals surface area contributed by atoms with Gasteiger partial charge >= 0.3 is 0 Å². The minimum absolute atomic E-state index is 0.0949. The molecule has 0 saturated carbocycles. The zero-order chi connectivity index (χ0) is 32.4. The van der Waals surface area contributed by atoms with Crippen LogP contribution >= 0.6 is 0 Å². The Labute approximate surface area is 279 Å². The van der Waals surface area contributed by atoms with E-state index in [2.05, 4.69) is 140 Å². The SMILES string of the molecule is CC1(C)c2ccccc2-c2cc3c4cc5c(cc4n(-c4ccc(-c6nnc(-c7ccccc7)o6)cc4)c3cc21)C(C)(C)c1ccccc1-5. The second kappa shape index (κ2) is 9.42. The molecule has 2 aliphatic rings. The van der Waals surface area contributed by atoms with Gasteiger partial charge in [-0.2, -0.15) is 0 Å². The molecule has 6 aromatic carbocycles. The third kappa shape index (κ3) is 3.60. The van der Waals surface area contributed by atoms with Crippen LogP contribution in [-0.4, -0.2) is 14.8 Å². The quantitative estimate of drug-likeness (QED) is 0.198. The van der Waals surface area contributed by atoms with Crippen molar-refractivity contribution in [3.63, 3.8) is 0 Å². The van der Waals surface area contributed by atoms with Crippen molar-refractivity contribution in [2.45, 2.75) is 38.5 Å². The minimum atomic E-state index is -0.0949. The van der Waals surface area contributed by atoms with Gasteiger partial charge in [-0.05, 0) is 105 Å². The fraction of sp³-hybridized carbons (Fsp3) is 0.136. The molecule has 2 aromatic heterocycles. The van der Waals surface area contributed by atoms with Crippen molar-refractivity contribution in [2.75, 3.05) is 0 Å². The average Bonchev–Trinajstić information content (AvgIpc) is 3.84. The summed E-state index contributed by atoms with van der Waals surface area (Å²) in [6.45, 7) is 9.42. The van der Waals surface area contributed by atoms with E-state index in [4.69, 9.17) is 4.42 Å². The monoisotopic (exact) mass is 619 g/mol. The van der Waals surface area contributed by atoms with Crippen LogP contribution in [0.1, 0.15) is 49.9 Å². The van der Waals surface area contributed by atoms with Crippen LogP contribution in [0, 0.1) is 0 Å². The van der Waals surface area contributed by atoms with E-state index in [1.54, 1.807) is 0 Å². The molecule has 8 aromatic rings. The molecular weight excluding hydrogens is 587 g/mol. The lowest BCUT2D eigenvalue weighted by Gasteiger charge is -2.22. The van der Waals surface area contributed by atoms with Crippen LogP contribution in [-0.2, 0) is 10.8 Å². The van der Waals surface area contributed by atoms with Crippen LogP contribution in [0.5, 0.6) is 0 Å². The summed E-state index contributed by atoms with van der Waals surface area (Å²) in [6, 6.07) is 46.1. The number of benzene rings is 6. The lowest BCUT2D eigenvalue weighted by molar-refractivity contribution is 0.584. The maximum atomic E-state index is 6.11. The summed E-state index contributed by atoms with van der Waals surface area (Å²) in [6.07, 6.45) is 0. The average molecular weight is 620 g/mol. The normalized spacial score (nSPS) is 15.0. The standard InChI is InChI=1S/C44H33N3O/c1-43(2)35-16-10-8-14-29(35)31-22-33-34-23-32-30-15-9-11-17-36(30)44(3,4)38(32)25-40(34)47(39(33)24-37(31)43)28-20-18-27(19-21-28)42-46-45-41(48-42)26-12-6-5-7-13-26/h5-25H,1-4H3. The first-order valence-corrected chi connectivity index (χ1v) is 16.7. The Balaban J connectivity index is 1.21. The molecule has 4 heteroatoms. The van der Waals surface area contributed by atoms with Gasteiger partial charge in [0.2, 0.25) is 11.8 Å². The van der Waals surface area contributed by atoms with Gasteiger partial charge in [-0.1, -0.05) is 94.4 Å². The van der Waals surface area contributed by atoms with Crippen molar-refractivity contribution in [2.24, 2.45) is 0 Å². The topological polar surface area (TPSA) is 43.9 Å². The molecule has 0 saturated heterocycles. The van der Waals surface area contributed by atoms with Gasteiger partial charge in [0.15, 0.2) is 0 Å². The highest BCUT2D eigenvalue weighted by Gasteiger charge is 2.38. The Morgan fingerprint density at radius 2 is 0.917 bits per heavy atom. The highest BCUT2D eigenvalue weighted by atomic mass is 16.4. The highest BCUT2D eigenvalue weighted by Crippen LogP contribution is 2.54. The lowest BCUT2D eigenvalue weighted by Crippen LogP contribution is -2.15. The van der Waals surface area contributed by atoms with Crippen molar-refractivity contribution >= 4 is 21.8 Å². The molecule has 230 valence electrons. The number of hydrogen-bond acceptors (Lipinski definition) is 3. The first-order chi connectivity index (χ1) is 23.3. The van der Waals surface area contributed by atoms with Crippen LogP contribution in [0.15, 0.2) is 132 Å². The maximum absolute atomic E-state index is 6.11. The van der Waals surface area contributed by atoms with Gasteiger partial charge in [0.25, 0.3) is 0 Å². The molecule has 0 radical (unpaired) electrons. The predicted octanol–water partition coefficient (Wildman–Crippen LogP) is 11.1. The Morgan fingerprint density at radius 3 is 1.44 bits per heavy atom. The first kappa shape index (κ1) is 27.4. The summed E-state index contributed by atoms with van der Waals surface area (Å²) in [5, 5.41) is 11.3. The first-order valence-electron chi connectivity index (χ1n) is 16.7. The molecule has 0 atom stereocenters. The van der Waals surface area contributed by atoms with Crippen LogP contribution in [0.3, 0.4) is 0 Å². The van der Waals surface area contributed by atoms with Gasteiger partial charge in [0.05, 0.1) is 11.0 Å². The molecule has 0 unspecified atom stereocenters. The Kier molecular flexibility index (Phi) is 5.37. The molecule has 2 heterocycles. The molecule has 0 aliphatic heterocycles. The largest absolute Gasteiger partial charge is 0.416 e. The van der Waals surface area contributed by atoms with E-state index in [0.29, 0.717) is 11.8 Å². The van der Waals surface area contributed by atoms with Crippen LogP contribution in [0.4, 0.5) is 0 Å². The summed E-state index contributed by atoms with van der Waals surface area (Å²) in [7, 11) is 0. The van der Waals surface area contributed by atoms with Gasteiger partial charge in [0, 0.05) is 38.4 Å². The molecule has 0 fully saturated rings. The van der Waals surface area contributed by atoms with Crippen molar-refractivity contribution in [3.8, 4) is 50.8 Å². The molecule has 2 aliphatic carbocycles. The summed E-state index contributed by atoms with van der Waals surface area (Å²) in [4.78, 5) is 0. The zero-order valence-corrected chi connectivity index (χ0v) is 27.4. The van der Waals surface area contributed by atoms with E-state index >= 15 is 0 Å². The fourth-order valence-corrected chi connectivity index (χ4v) is 8.47. The molecule has 0 bridgehead atoms. The van der Waals surface area contributed by atoms with Gasteiger partial charge in [-0.15, -0.1) is 10.2 Å². The van der Waals surface area contributed by atoms with Crippen molar-refractivity contribution in [1.29, 1.82) is 0 Å². The number of fused-ring (bicyclic) bond motifs is 9. The van der Waals surface area contributed by atoms with Gasteiger partial charge in [-0.3, -0.25) is 0 Å². The van der Waals surface area contributed by atoms with E-state index in [-0.39, 0.29) is 10.8 Å². The summed E-state index contributed by atoms with van der Waals surface area (Å²) in [5.74, 6) is 1.03. The van der Waals surface area contributed by atoms with E-state index in [1.807, 2.05) is 30.3 Å². The Hall–Kier alpha value is -5.74. The van der Waals surface area contributed by atoms with Gasteiger partial charge in [0.1, 0.15) is 0 Å². The molecule has 0 spiro atoms.